The highest BCUT2D eigenvalue weighted by Crippen LogP contribution is 2.04. The lowest BCUT2D eigenvalue weighted by molar-refractivity contribution is -0.143. The average Bonchev–Trinajstić information content (AvgIpc) is 2.04. The van der Waals surface area contributed by atoms with Gasteiger partial charge in [0.1, 0.15) is 6.04 Å². The molecule has 1 N–H and O–H groups in total. The van der Waals surface area contributed by atoms with Crippen molar-refractivity contribution in [1.82, 2.24) is 4.90 Å². The van der Waals surface area contributed by atoms with Crippen LogP contribution < -0.4 is 0 Å². The number of ether oxygens (including phenoxy) is 1. The highest BCUT2D eigenvalue weighted by atomic mass is 16.5. The molecule has 78 valence electrons. The first kappa shape index (κ1) is 12.4. The first-order valence-corrected chi connectivity index (χ1v) is 4.48. The zero-order chi connectivity index (χ0) is 10.4. The number of nitrogens with zero attached hydrogens (tertiary/aromatic N) is 1. The van der Waals surface area contributed by atoms with Gasteiger partial charge < -0.3 is 9.84 Å². The van der Waals surface area contributed by atoms with Crippen molar-refractivity contribution in [2.24, 2.45) is 0 Å². The first-order valence-electron chi connectivity index (χ1n) is 4.48. The largest absolute Gasteiger partial charge is 0.480 e. The van der Waals surface area contributed by atoms with Crippen LogP contribution in [0.2, 0.25) is 0 Å². The van der Waals surface area contributed by atoms with Gasteiger partial charge in [-0.15, -0.1) is 0 Å². The van der Waals surface area contributed by atoms with E-state index in [1.54, 1.807) is 14.0 Å². The number of methoxy groups -OCH3 is 1. The van der Waals surface area contributed by atoms with Gasteiger partial charge in [-0.25, -0.2) is 0 Å². The maximum Gasteiger partial charge on any atom is 0.320 e. The molecule has 4 nitrogen and oxygen atoms in total. The van der Waals surface area contributed by atoms with Crippen LogP contribution in [0.1, 0.15) is 20.8 Å². The fourth-order valence-electron chi connectivity index (χ4n) is 1.24. The van der Waals surface area contributed by atoms with E-state index in [-0.39, 0.29) is 6.04 Å². The molecule has 0 fully saturated rings. The Balaban J connectivity index is 4.15. The molecule has 0 aliphatic rings. The number of hydrogen-bond donors (Lipinski definition) is 1. The zero-order valence-corrected chi connectivity index (χ0v) is 8.78. The van der Waals surface area contributed by atoms with Gasteiger partial charge in [0.25, 0.3) is 0 Å². The van der Waals surface area contributed by atoms with Gasteiger partial charge in [-0.1, -0.05) is 0 Å². The fourth-order valence-corrected chi connectivity index (χ4v) is 1.24. The van der Waals surface area contributed by atoms with E-state index in [1.165, 1.54) is 0 Å². The lowest BCUT2D eigenvalue weighted by Gasteiger charge is -2.29. The Labute approximate surface area is 79.5 Å². The summed E-state index contributed by atoms with van der Waals surface area (Å²) in [5, 5.41) is 8.82. The number of hydrogen-bond acceptors (Lipinski definition) is 3. The van der Waals surface area contributed by atoms with Crippen molar-refractivity contribution in [2.75, 3.05) is 20.3 Å². The molecule has 0 aromatic heterocycles. The molecular weight excluding hydrogens is 170 g/mol. The van der Waals surface area contributed by atoms with Crippen LogP contribution >= 0.6 is 0 Å². The second-order valence-corrected chi connectivity index (χ2v) is 3.34. The van der Waals surface area contributed by atoms with Crippen molar-refractivity contribution < 1.29 is 14.6 Å². The van der Waals surface area contributed by atoms with Gasteiger partial charge in [-0.3, -0.25) is 9.69 Å². The van der Waals surface area contributed by atoms with Crippen molar-refractivity contribution in [3.8, 4) is 0 Å². The SMILES string of the molecule is COCCN(C(C)C)C(C)C(=O)O. The monoisotopic (exact) mass is 189 g/mol. The summed E-state index contributed by atoms with van der Waals surface area (Å²) < 4.78 is 4.92. The minimum Gasteiger partial charge on any atom is -0.480 e. The third kappa shape index (κ3) is 4.24. The van der Waals surface area contributed by atoms with Gasteiger partial charge in [0.05, 0.1) is 6.61 Å². The molecule has 0 aromatic rings. The minimum absolute atomic E-state index is 0.223. The lowest BCUT2D eigenvalue weighted by Crippen LogP contribution is -2.45. The van der Waals surface area contributed by atoms with Crippen molar-refractivity contribution in [3.63, 3.8) is 0 Å². The first-order chi connectivity index (χ1) is 6.00. The molecule has 0 radical (unpaired) electrons. The quantitative estimate of drug-likeness (QED) is 0.672. The molecule has 0 amide bonds. The van der Waals surface area contributed by atoms with Crippen LogP contribution in [0.5, 0.6) is 0 Å². The topological polar surface area (TPSA) is 49.8 Å². The molecule has 0 heterocycles. The Morgan fingerprint density at radius 2 is 2.00 bits per heavy atom. The van der Waals surface area contributed by atoms with Crippen LogP contribution in [-0.4, -0.2) is 48.3 Å². The Morgan fingerprint density at radius 3 is 2.31 bits per heavy atom. The highest BCUT2D eigenvalue weighted by Gasteiger charge is 2.22. The Bertz CT molecular complexity index is 159. The Hall–Kier alpha value is -0.610. The maximum atomic E-state index is 10.7. The molecule has 0 aliphatic carbocycles. The van der Waals surface area contributed by atoms with E-state index < -0.39 is 12.0 Å². The van der Waals surface area contributed by atoms with E-state index in [4.69, 9.17) is 9.84 Å². The second kappa shape index (κ2) is 5.94. The molecule has 1 atom stereocenters. The van der Waals surface area contributed by atoms with Gasteiger partial charge in [0.2, 0.25) is 0 Å². The molecule has 13 heavy (non-hydrogen) atoms. The van der Waals surface area contributed by atoms with Crippen LogP contribution in [0.4, 0.5) is 0 Å². The standard InChI is InChI=1S/C9H19NO3/c1-7(2)10(5-6-13-4)8(3)9(11)12/h7-8H,5-6H2,1-4H3,(H,11,12). The van der Waals surface area contributed by atoms with E-state index >= 15 is 0 Å². The summed E-state index contributed by atoms with van der Waals surface area (Å²) >= 11 is 0. The van der Waals surface area contributed by atoms with Crippen LogP contribution in [0.25, 0.3) is 0 Å². The predicted molar refractivity (Wildman–Crippen MR) is 50.8 cm³/mol. The van der Waals surface area contributed by atoms with Crippen molar-refractivity contribution in [1.29, 1.82) is 0 Å². The molecule has 0 aliphatic heterocycles. The number of rotatable bonds is 6. The average molecular weight is 189 g/mol. The van der Waals surface area contributed by atoms with Crippen LogP contribution in [0.3, 0.4) is 0 Å². The molecule has 1 unspecified atom stereocenters. The molecule has 0 rings (SSSR count). The van der Waals surface area contributed by atoms with E-state index in [9.17, 15) is 4.79 Å². The lowest BCUT2D eigenvalue weighted by atomic mass is 10.2. The van der Waals surface area contributed by atoms with Crippen LogP contribution in [0.15, 0.2) is 0 Å². The number of aliphatic carboxylic acids is 1. The Kier molecular flexibility index (Phi) is 5.66. The third-order valence-corrected chi connectivity index (χ3v) is 2.07. The molecule has 0 aromatic carbocycles. The van der Waals surface area contributed by atoms with Crippen molar-refractivity contribution >= 4 is 5.97 Å². The molecule has 0 saturated heterocycles. The van der Waals surface area contributed by atoms with Crippen molar-refractivity contribution in [3.05, 3.63) is 0 Å². The number of carbonyl (C=O) groups is 1. The van der Waals surface area contributed by atoms with Crippen LogP contribution in [-0.2, 0) is 9.53 Å². The van der Waals surface area contributed by atoms with Crippen LogP contribution in [0, 0.1) is 0 Å². The number of carboxylic acids is 1. The summed E-state index contributed by atoms with van der Waals surface area (Å²) in [6.07, 6.45) is 0. The summed E-state index contributed by atoms with van der Waals surface area (Å²) in [5.74, 6) is -0.787. The zero-order valence-electron chi connectivity index (χ0n) is 8.78. The third-order valence-electron chi connectivity index (χ3n) is 2.07. The fraction of sp³-hybridized carbons (Fsp3) is 0.889. The summed E-state index contributed by atoms with van der Waals surface area (Å²) in [6, 6.07) is -0.226. The smallest absolute Gasteiger partial charge is 0.320 e. The minimum atomic E-state index is -0.787. The van der Waals surface area contributed by atoms with Gasteiger partial charge in [0.15, 0.2) is 0 Å². The van der Waals surface area contributed by atoms with Gasteiger partial charge in [-0.2, -0.15) is 0 Å². The molecule has 0 spiro atoms. The number of carboxylic acid groups (broad SMARTS) is 1. The maximum absolute atomic E-state index is 10.7. The summed E-state index contributed by atoms with van der Waals surface area (Å²) in [5.41, 5.74) is 0. The van der Waals surface area contributed by atoms with E-state index in [1.807, 2.05) is 18.7 Å². The molecular formula is C9H19NO3. The van der Waals surface area contributed by atoms with E-state index in [2.05, 4.69) is 0 Å². The highest BCUT2D eigenvalue weighted by molar-refractivity contribution is 5.72. The van der Waals surface area contributed by atoms with Gasteiger partial charge in [-0.05, 0) is 20.8 Å². The van der Waals surface area contributed by atoms with E-state index in [0.29, 0.717) is 13.2 Å². The Morgan fingerprint density at radius 1 is 1.46 bits per heavy atom. The van der Waals surface area contributed by atoms with Gasteiger partial charge >= 0.3 is 5.97 Å². The molecule has 0 bridgehead atoms. The second-order valence-electron chi connectivity index (χ2n) is 3.34. The molecule has 0 saturated carbocycles. The van der Waals surface area contributed by atoms with Gasteiger partial charge in [0, 0.05) is 19.7 Å². The summed E-state index contributed by atoms with van der Waals surface area (Å²) in [4.78, 5) is 12.6. The summed E-state index contributed by atoms with van der Waals surface area (Å²) in [6.45, 7) is 6.87. The normalized spacial score (nSPS) is 13.7. The predicted octanol–water partition coefficient (Wildman–Crippen LogP) is 0.816. The molecule has 4 heteroatoms. The summed E-state index contributed by atoms with van der Waals surface area (Å²) in [7, 11) is 1.62. The van der Waals surface area contributed by atoms with Crippen molar-refractivity contribution in [2.45, 2.75) is 32.9 Å². The van der Waals surface area contributed by atoms with E-state index in [0.717, 1.165) is 0 Å².